The standard InChI is InChI=1S/C21H21ClFN3O3/c1-3-13(2)26-20(28)16-6-4-5-7-18(16)25(21(26)29)12-19(27)24-11-14-8-9-15(23)10-17(14)22/h4-10,13H,3,11-12H2,1-2H3,(H,24,27)/t13-/m0/s1. The van der Waals surface area contributed by atoms with E-state index in [2.05, 4.69) is 5.32 Å². The Morgan fingerprint density at radius 3 is 2.62 bits per heavy atom. The maximum absolute atomic E-state index is 13.2. The zero-order valence-electron chi connectivity index (χ0n) is 16.1. The summed E-state index contributed by atoms with van der Waals surface area (Å²) in [4.78, 5) is 38.3. The van der Waals surface area contributed by atoms with E-state index in [-0.39, 0.29) is 29.7 Å². The first-order valence-corrected chi connectivity index (χ1v) is 9.66. The minimum Gasteiger partial charge on any atom is -0.350 e. The van der Waals surface area contributed by atoms with Gasteiger partial charge in [0, 0.05) is 17.6 Å². The Bertz CT molecular complexity index is 1190. The molecule has 3 aromatic rings. The molecule has 0 aliphatic heterocycles. The van der Waals surface area contributed by atoms with Crippen LogP contribution in [0.4, 0.5) is 4.39 Å². The fourth-order valence-electron chi connectivity index (χ4n) is 3.12. The van der Waals surface area contributed by atoms with Gasteiger partial charge in [-0.05, 0) is 43.2 Å². The van der Waals surface area contributed by atoms with Gasteiger partial charge in [0.2, 0.25) is 5.91 Å². The molecule has 1 N–H and O–H groups in total. The highest BCUT2D eigenvalue weighted by molar-refractivity contribution is 6.31. The van der Waals surface area contributed by atoms with E-state index in [1.807, 2.05) is 6.92 Å². The van der Waals surface area contributed by atoms with Gasteiger partial charge in [0.05, 0.1) is 10.9 Å². The van der Waals surface area contributed by atoms with Crippen LogP contribution in [-0.2, 0) is 17.9 Å². The predicted molar refractivity (Wildman–Crippen MR) is 111 cm³/mol. The van der Waals surface area contributed by atoms with Crippen LogP contribution in [0.3, 0.4) is 0 Å². The predicted octanol–water partition coefficient (Wildman–Crippen LogP) is 3.24. The van der Waals surface area contributed by atoms with Gasteiger partial charge in [-0.25, -0.2) is 9.18 Å². The zero-order valence-corrected chi connectivity index (χ0v) is 16.9. The third-order valence-electron chi connectivity index (χ3n) is 4.91. The van der Waals surface area contributed by atoms with Gasteiger partial charge < -0.3 is 5.32 Å². The Hall–Kier alpha value is -2.93. The summed E-state index contributed by atoms with van der Waals surface area (Å²) < 4.78 is 15.6. The third-order valence-corrected chi connectivity index (χ3v) is 5.26. The zero-order chi connectivity index (χ0) is 21.1. The van der Waals surface area contributed by atoms with Gasteiger partial charge in [0.15, 0.2) is 0 Å². The lowest BCUT2D eigenvalue weighted by molar-refractivity contribution is -0.121. The maximum Gasteiger partial charge on any atom is 0.332 e. The molecule has 0 saturated carbocycles. The van der Waals surface area contributed by atoms with Gasteiger partial charge in [-0.15, -0.1) is 0 Å². The maximum atomic E-state index is 13.2. The molecule has 2 aromatic carbocycles. The van der Waals surface area contributed by atoms with Crippen molar-refractivity contribution >= 4 is 28.4 Å². The van der Waals surface area contributed by atoms with Gasteiger partial charge >= 0.3 is 5.69 Å². The second kappa shape index (κ2) is 8.61. The van der Waals surface area contributed by atoms with E-state index >= 15 is 0 Å². The molecule has 0 aliphatic rings. The van der Waals surface area contributed by atoms with Crippen LogP contribution in [0.1, 0.15) is 31.9 Å². The molecule has 0 spiro atoms. The minimum absolute atomic E-state index is 0.0929. The summed E-state index contributed by atoms with van der Waals surface area (Å²) in [6.07, 6.45) is 0.600. The SMILES string of the molecule is CC[C@H](C)n1c(=O)c2ccccc2n(CC(=O)NCc2ccc(F)cc2Cl)c1=O. The topological polar surface area (TPSA) is 73.1 Å². The molecule has 6 nitrogen and oxygen atoms in total. The van der Waals surface area contributed by atoms with Gasteiger partial charge in [0.1, 0.15) is 12.4 Å². The molecule has 29 heavy (non-hydrogen) atoms. The van der Waals surface area contributed by atoms with E-state index in [1.54, 1.807) is 31.2 Å². The summed E-state index contributed by atoms with van der Waals surface area (Å²) in [6, 6.07) is 10.3. The van der Waals surface area contributed by atoms with Crippen molar-refractivity contribution in [1.29, 1.82) is 0 Å². The van der Waals surface area contributed by atoms with Crippen LogP contribution in [0, 0.1) is 5.82 Å². The molecule has 8 heteroatoms. The lowest BCUT2D eigenvalue weighted by Gasteiger charge is -2.17. The number of halogens is 2. The lowest BCUT2D eigenvalue weighted by Crippen LogP contribution is -2.43. The molecule has 0 saturated heterocycles. The van der Waals surface area contributed by atoms with Crippen molar-refractivity contribution in [2.24, 2.45) is 0 Å². The molecule has 0 radical (unpaired) electrons. The summed E-state index contributed by atoms with van der Waals surface area (Å²) in [5, 5.41) is 3.27. The normalized spacial score (nSPS) is 12.1. The average Bonchev–Trinajstić information content (AvgIpc) is 2.70. The quantitative estimate of drug-likeness (QED) is 0.669. The van der Waals surface area contributed by atoms with Crippen LogP contribution >= 0.6 is 11.6 Å². The van der Waals surface area contributed by atoms with Crippen molar-refractivity contribution in [3.05, 3.63) is 79.7 Å². The second-order valence-electron chi connectivity index (χ2n) is 6.83. The Kier molecular flexibility index (Phi) is 6.17. The molecule has 0 unspecified atom stereocenters. The molecule has 3 rings (SSSR count). The third kappa shape index (κ3) is 4.24. The Morgan fingerprint density at radius 1 is 1.21 bits per heavy atom. The number of carbonyl (C=O) groups is 1. The first-order chi connectivity index (χ1) is 13.8. The number of para-hydroxylation sites is 1. The van der Waals surface area contributed by atoms with E-state index in [0.717, 1.165) is 0 Å². The summed E-state index contributed by atoms with van der Waals surface area (Å²) >= 11 is 5.98. The highest BCUT2D eigenvalue weighted by Crippen LogP contribution is 2.17. The first-order valence-electron chi connectivity index (χ1n) is 9.28. The summed E-state index contributed by atoms with van der Waals surface area (Å²) in [5.74, 6) is -0.887. The second-order valence-corrected chi connectivity index (χ2v) is 7.24. The summed E-state index contributed by atoms with van der Waals surface area (Å²) in [5.41, 5.74) is 0.0629. The van der Waals surface area contributed by atoms with Gasteiger partial charge in [0.25, 0.3) is 5.56 Å². The van der Waals surface area contributed by atoms with Crippen molar-refractivity contribution < 1.29 is 9.18 Å². The highest BCUT2D eigenvalue weighted by atomic mass is 35.5. The van der Waals surface area contributed by atoms with Crippen molar-refractivity contribution in [2.75, 3.05) is 0 Å². The van der Waals surface area contributed by atoms with Crippen LogP contribution in [0.5, 0.6) is 0 Å². The number of rotatable bonds is 6. The van der Waals surface area contributed by atoms with Crippen LogP contribution in [0.25, 0.3) is 10.9 Å². The van der Waals surface area contributed by atoms with E-state index < -0.39 is 17.4 Å². The highest BCUT2D eigenvalue weighted by Gasteiger charge is 2.18. The molecule has 152 valence electrons. The Labute approximate surface area is 171 Å². The van der Waals surface area contributed by atoms with Gasteiger partial charge in [-0.3, -0.25) is 18.7 Å². The number of aromatic nitrogens is 2. The molecule has 1 atom stereocenters. The number of amides is 1. The molecule has 0 bridgehead atoms. The molecule has 0 aliphatic carbocycles. The molecule has 1 heterocycles. The van der Waals surface area contributed by atoms with Crippen molar-refractivity contribution in [1.82, 2.24) is 14.5 Å². The Morgan fingerprint density at radius 2 is 1.93 bits per heavy atom. The smallest absolute Gasteiger partial charge is 0.332 e. The number of hydrogen-bond acceptors (Lipinski definition) is 3. The van der Waals surface area contributed by atoms with E-state index in [9.17, 15) is 18.8 Å². The Balaban J connectivity index is 1.94. The summed E-state index contributed by atoms with van der Waals surface area (Å²) in [7, 11) is 0. The van der Waals surface area contributed by atoms with Crippen molar-refractivity contribution in [3.63, 3.8) is 0 Å². The number of nitrogens with zero attached hydrogens (tertiary/aromatic N) is 2. The summed E-state index contributed by atoms with van der Waals surface area (Å²) in [6.45, 7) is 3.51. The van der Waals surface area contributed by atoms with E-state index in [1.165, 1.54) is 27.3 Å². The van der Waals surface area contributed by atoms with Crippen LogP contribution in [-0.4, -0.2) is 15.0 Å². The monoisotopic (exact) mass is 417 g/mol. The largest absolute Gasteiger partial charge is 0.350 e. The molecular formula is C21H21ClFN3O3. The average molecular weight is 418 g/mol. The first kappa shape index (κ1) is 20.8. The molecule has 0 fully saturated rings. The van der Waals surface area contributed by atoms with Crippen molar-refractivity contribution in [2.45, 2.75) is 39.4 Å². The van der Waals surface area contributed by atoms with Crippen LogP contribution in [0.2, 0.25) is 5.02 Å². The van der Waals surface area contributed by atoms with Crippen molar-refractivity contribution in [3.8, 4) is 0 Å². The van der Waals surface area contributed by atoms with E-state index in [4.69, 9.17) is 11.6 Å². The number of hydrogen-bond donors (Lipinski definition) is 1. The number of carbonyl (C=O) groups excluding carboxylic acids is 1. The lowest BCUT2D eigenvalue weighted by atomic mass is 10.2. The number of nitrogens with one attached hydrogen (secondary N) is 1. The minimum atomic E-state index is -0.530. The van der Waals surface area contributed by atoms with Gasteiger partial charge in [-0.2, -0.15) is 0 Å². The van der Waals surface area contributed by atoms with Gasteiger partial charge in [-0.1, -0.05) is 36.7 Å². The fraction of sp³-hybridized carbons (Fsp3) is 0.286. The fourth-order valence-corrected chi connectivity index (χ4v) is 3.36. The number of benzene rings is 2. The van der Waals surface area contributed by atoms with Crippen LogP contribution in [0.15, 0.2) is 52.1 Å². The van der Waals surface area contributed by atoms with E-state index in [0.29, 0.717) is 22.9 Å². The molecule has 1 amide bonds. The molecule has 1 aromatic heterocycles. The van der Waals surface area contributed by atoms with Crippen LogP contribution < -0.4 is 16.6 Å². The number of fused-ring (bicyclic) bond motifs is 1. The molecular weight excluding hydrogens is 397 g/mol.